The molecule has 0 amide bonds. The minimum atomic E-state index is -0.874. The molecular weight excluding hydrogens is 294 g/mol. The van der Waals surface area contributed by atoms with Crippen LogP contribution in [0.5, 0.6) is 5.75 Å². The Balaban J connectivity index is 1.94. The van der Waals surface area contributed by atoms with Crippen LogP contribution in [0.2, 0.25) is 0 Å². The van der Waals surface area contributed by atoms with Crippen LogP contribution in [0.25, 0.3) is 0 Å². The number of halogens is 3. The lowest BCUT2D eigenvalue weighted by Gasteiger charge is -2.06. The quantitative estimate of drug-likeness (QED) is 0.596. The molecule has 21 heavy (non-hydrogen) atoms. The van der Waals surface area contributed by atoms with Gasteiger partial charge in [-0.2, -0.15) is 0 Å². The third kappa shape index (κ3) is 4.77. The smallest absolute Gasteiger partial charge is 0.159 e. The maximum absolute atomic E-state index is 13.1. The van der Waals surface area contributed by atoms with Gasteiger partial charge < -0.3 is 4.74 Å². The van der Waals surface area contributed by atoms with Gasteiger partial charge in [0.25, 0.3) is 0 Å². The van der Waals surface area contributed by atoms with Crippen molar-refractivity contribution in [3.8, 4) is 17.6 Å². The third-order valence-corrected chi connectivity index (χ3v) is 2.89. The van der Waals surface area contributed by atoms with E-state index >= 15 is 0 Å². The van der Waals surface area contributed by atoms with Crippen molar-refractivity contribution in [2.24, 2.45) is 0 Å². The molecule has 4 heteroatoms. The van der Waals surface area contributed by atoms with Crippen LogP contribution in [-0.4, -0.2) is 5.88 Å². The lowest BCUT2D eigenvalue weighted by Crippen LogP contribution is -1.97. The Bertz CT molecular complexity index is 657. The van der Waals surface area contributed by atoms with Crippen LogP contribution in [0.4, 0.5) is 8.78 Å². The molecule has 0 aliphatic rings. The molecule has 0 aliphatic heterocycles. The fourth-order valence-electron chi connectivity index (χ4n) is 1.64. The van der Waals surface area contributed by atoms with Gasteiger partial charge in [0.1, 0.15) is 12.4 Å². The van der Waals surface area contributed by atoms with E-state index < -0.39 is 11.6 Å². The summed E-state index contributed by atoms with van der Waals surface area (Å²) < 4.78 is 31.4. The van der Waals surface area contributed by atoms with E-state index in [4.69, 9.17) is 16.3 Å². The first-order chi connectivity index (χ1) is 10.2. The summed E-state index contributed by atoms with van der Waals surface area (Å²) in [5, 5.41) is 0. The first-order valence-corrected chi connectivity index (χ1v) is 6.94. The Labute approximate surface area is 127 Å². The molecule has 2 aromatic rings. The highest BCUT2D eigenvalue weighted by Crippen LogP contribution is 2.15. The number of hydrogen-bond donors (Lipinski definition) is 0. The summed E-state index contributed by atoms with van der Waals surface area (Å²) >= 11 is 5.54. The Morgan fingerprint density at radius 2 is 1.76 bits per heavy atom. The first-order valence-electron chi connectivity index (χ1n) is 6.40. The molecule has 0 spiro atoms. The van der Waals surface area contributed by atoms with Crippen LogP contribution in [0.1, 0.15) is 17.5 Å². The summed E-state index contributed by atoms with van der Waals surface area (Å²) in [4.78, 5) is 0. The number of benzene rings is 2. The number of hydrogen-bond acceptors (Lipinski definition) is 1. The normalized spacial score (nSPS) is 9.86. The molecule has 2 aromatic carbocycles. The number of rotatable bonds is 4. The predicted molar refractivity (Wildman–Crippen MR) is 79.3 cm³/mol. The fourth-order valence-corrected chi connectivity index (χ4v) is 1.74. The summed E-state index contributed by atoms with van der Waals surface area (Å²) in [7, 11) is 0. The highest BCUT2D eigenvalue weighted by Gasteiger charge is 2.03. The largest absolute Gasteiger partial charge is 0.489 e. The summed E-state index contributed by atoms with van der Waals surface area (Å²) in [6.07, 6.45) is 0.649. The van der Waals surface area contributed by atoms with E-state index in [-0.39, 0.29) is 6.61 Å². The summed E-state index contributed by atoms with van der Waals surface area (Å²) in [6.45, 7) is 0.175. The van der Waals surface area contributed by atoms with Gasteiger partial charge in [0.15, 0.2) is 11.6 Å². The molecule has 0 aromatic heterocycles. The van der Waals surface area contributed by atoms with Crippen LogP contribution < -0.4 is 4.74 Å². The topological polar surface area (TPSA) is 9.23 Å². The number of alkyl halides is 1. The van der Waals surface area contributed by atoms with Crippen molar-refractivity contribution < 1.29 is 13.5 Å². The van der Waals surface area contributed by atoms with Crippen molar-refractivity contribution in [3.63, 3.8) is 0 Å². The lowest BCUT2D eigenvalue weighted by molar-refractivity contribution is 0.305. The molecule has 0 aliphatic carbocycles. The van der Waals surface area contributed by atoms with E-state index in [2.05, 4.69) is 11.8 Å². The molecule has 0 bridgehead atoms. The minimum Gasteiger partial charge on any atom is -0.489 e. The molecule has 0 radical (unpaired) electrons. The second-order valence-electron chi connectivity index (χ2n) is 4.30. The zero-order chi connectivity index (χ0) is 15.1. The lowest BCUT2D eigenvalue weighted by atomic mass is 10.2. The Hall–Kier alpha value is -2.05. The van der Waals surface area contributed by atoms with Crippen molar-refractivity contribution in [2.45, 2.75) is 13.0 Å². The van der Waals surface area contributed by atoms with E-state index in [1.165, 1.54) is 6.07 Å². The van der Waals surface area contributed by atoms with Gasteiger partial charge in [0.2, 0.25) is 0 Å². The SMILES string of the molecule is Fc1ccc(COc2ccc(C#CCCCl)cc2)cc1F. The van der Waals surface area contributed by atoms with Crippen LogP contribution in [0.15, 0.2) is 42.5 Å². The van der Waals surface area contributed by atoms with E-state index in [9.17, 15) is 8.78 Å². The van der Waals surface area contributed by atoms with Gasteiger partial charge in [-0.1, -0.05) is 17.9 Å². The highest BCUT2D eigenvalue weighted by atomic mass is 35.5. The first kappa shape index (κ1) is 15.3. The average Bonchev–Trinajstić information content (AvgIpc) is 2.50. The standard InChI is InChI=1S/C17H13ClF2O/c18-10-2-1-3-13-4-7-15(8-5-13)21-12-14-6-9-16(19)17(20)11-14/h4-9,11H,2,10,12H2. The molecular formula is C17H13ClF2O. The second-order valence-corrected chi connectivity index (χ2v) is 4.68. The van der Waals surface area contributed by atoms with Crippen molar-refractivity contribution >= 4 is 11.6 Å². The van der Waals surface area contributed by atoms with Crippen molar-refractivity contribution in [3.05, 3.63) is 65.2 Å². The van der Waals surface area contributed by atoms with Crippen molar-refractivity contribution in [1.82, 2.24) is 0 Å². The van der Waals surface area contributed by atoms with Crippen LogP contribution in [0, 0.1) is 23.5 Å². The van der Waals surface area contributed by atoms with Gasteiger partial charge in [-0.3, -0.25) is 0 Å². The zero-order valence-electron chi connectivity index (χ0n) is 11.2. The molecule has 0 saturated carbocycles. The van der Waals surface area contributed by atoms with Crippen LogP contribution in [0.3, 0.4) is 0 Å². The Morgan fingerprint density at radius 3 is 2.43 bits per heavy atom. The van der Waals surface area contributed by atoms with Crippen LogP contribution in [-0.2, 0) is 6.61 Å². The highest BCUT2D eigenvalue weighted by molar-refractivity contribution is 6.18. The molecule has 0 heterocycles. The van der Waals surface area contributed by atoms with Gasteiger partial charge >= 0.3 is 0 Å². The van der Waals surface area contributed by atoms with Crippen molar-refractivity contribution in [2.75, 3.05) is 5.88 Å². The van der Waals surface area contributed by atoms with E-state index in [1.54, 1.807) is 12.1 Å². The van der Waals surface area contributed by atoms with E-state index in [0.717, 1.165) is 17.7 Å². The summed E-state index contributed by atoms with van der Waals surface area (Å²) in [6, 6.07) is 10.9. The third-order valence-electron chi connectivity index (χ3n) is 2.70. The average molecular weight is 307 g/mol. The molecule has 108 valence electrons. The van der Waals surface area contributed by atoms with Gasteiger partial charge in [-0.15, -0.1) is 11.6 Å². The van der Waals surface area contributed by atoms with Gasteiger partial charge in [-0.25, -0.2) is 8.78 Å². The fraction of sp³-hybridized carbons (Fsp3) is 0.176. The predicted octanol–water partition coefficient (Wildman–Crippen LogP) is 4.52. The van der Waals surface area contributed by atoms with Gasteiger partial charge in [0.05, 0.1) is 0 Å². The zero-order valence-corrected chi connectivity index (χ0v) is 12.0. The van der Waals surface area contributed by atoms with Crippen LogP contribution >= 0.6 is 11.6 Å². The number of ether oxygens (including phenoxy) is 1. The molecule has 0 atom stereocenters. The molecule has 2 rings (SSSR count). The monoisotopic (exact) mass is 306 g/mol. The maximum Gasteiger partial charge on any atom is 0.159 e. The molecule has 0 saturated heterocycles. The maximum atomic E-state index is 13.1. The molecule has 0 fully saturated rings. The van der Waals surface area contributed by atoms with Gasteiger partial charge in [0, 0.05) is 17.9 Å². The minimum absolute atomic E-state index is 0.175. The second kappa shape index (κ2) is 7.66. The molecule has 1 nitrogen and oxygen atoms in total. The molecule has 0 unspecified atom stereocenters. The summed E-state index contributed by atoms with van der Waals surface area (Å²) in [5.74, 6) is 5.34. The Kier molecular flexibility index (Phi) is 5.59. The Morgan fingerprint density at radius 1 is 1.00 bits per heavy atom. The van der Waals surface area contributed by atoms with E-state index in [0.29, 0.717) is 23.6 Å². The molecule has 0 N–H and O–H groups in total. The summed E-state index contributed by atoms with van der Waals surface area (Å²) in [5.41, 5.74) is 1.44. The van der Waals surface area contributed by atoms with E-state index in [1.807, 2.05) is 12.1 Å². The van der Waals surface area contributed by atoms with Crippen molar-refractivity contribution in [1.29, 1.82) is 0 Å². The van der Waals surface area contributed by atoms with Gasteiger partial charge in [-0.05, 0) is 42.0 Å².